The van der Waals surface area contributed by atoms with Crippen LogP contribution < -0.4 is 0 Å². The lowest BCUT2D eigenvalue weighted by atomic mass is 10.1. The number of fused-ring (bicyclic) bond motifs is 1. The molecule has 1 aliphatic heterocycles. The number of sulfonamides is 1. The standard InChI is InChI=1S/C15H16N4O6S/c1-2-25-15(20)14-12-9-18(8-7-13(12)16-17-14)26(23,24)11-5-3-10(4-6-11)19(21)22/h3-6H,2,7-9H2,1H3,(H,16,17). The molecule has 0 saturated heterocycles. The number of non-ortho nitro benzene ring substituents is 1. The summed E-state index contributed by atoms with van der Waals surface area (Å²) in [7, 11) is -3.86. The summed E-state index contributed by atoms with van der Waals surface area (Å²) in [5.74, 6) is -0.611. The molecule has 0 atom stereocenters. The lowest BCUT2D eigenvalue weighted by Gasteiger charge is -2.26. The fraction of sp³-hybridized carbons (Fsp3) is 0.333. The smallest absolute Gasteiger partial charge is 0.359 e. The number of nitro groups is 1. The van der Waals surface area contributed by atoms with Gasteiger partial charge in [-0.1, -0.05) is 0 Å². The summed E-state index contributed by atoms with van der Waals surface area (Å²) in [6.07, 6.45) is 0.369. The fourth-order valence-electron chi connectivity index (χ4n) is 2.73. The molecule has 0 saturated carbocycles. The van der Waals surface area contributed by atoms with Crippen LogP contribution >= 0.6 is 0 Å². The molecule has 10 nitrogen and oxygen atoms in total. The van der Waals surface area contributed by atoms with Crippen molar-refractivity contribution in [2.24, 2.45) is 0 Å². The summed E-state index contributed by atoms with van der Waals surface area (Å²) in [5, 5.41) is 17.4. The first-order chi connectivity index (χ1) is 12.3. The largest absolute Gasteiger partial charge is 0.461 e. The third-order valence-corrected chi connectivity index (χ3v) is 5.91. The van der Waals surface area contributed by atoms with Crippen LogP contribution in [0.1, 0.15) is 28.7 Å². The molecular formula is C15H16N4O6S. The number of nitrogens with one attached hydrogen (secondary N) is 1. The molecule has 138 valence electrons. The number of hydrogen-bond acceptors (Lipinski definition) is 7. The maximum absolute atomic E-state index is 12.8. The molecule has 1 aliphatic rings. The van der Waals surface area contributed by atoms with E-state index in [-0.39, 0.29) is 36.0 Å². The van der Waals surface area contributed by atoms with E-state index in [1.165, 1.54) is 16.4 Å². The van der Waals surface area contributed by atoms with Crippen LogP contribution in [0.15, 0.2) is 29.2 Å². The number of nitrogens with zero attached hydrogens (tertiary/aromatic N) is 3. The molecule has 1 N–H and O–H groups in total. The number of aromatic amines is 1. The maximum atomic E-state index is 12.8. The van der Waals surface area contributed by atoms with Gasteiger partial charge in [0.15, 0.2) is 5.69 Å². The second kappa shape index (κ2) is 6.84. The molecule has 0 fully saturated rings. The van der Waals surface area contributed by atoms with Gasteiger partial charge in [0.25, 0.3) is 5.69 Å². The van der Waals surface area contributed by atoms with Gasteiger partial charge in [0, 0.05) is 42.9 Å². The first kappa shape index (κ1) is 18.0. The van der Waals surface area contributed by atoms with E-state index < -0.39 is 20.9 Å². The van der Waals surface area contributed by atoms with Crippen molar-refractivity contribution in [3.8, 4) is 0 Å². The monoisotopic (exact) mass is 380 g/mol. The Balaban J connectivity index is 1.88. The van der Waals surface area contributed by atoms with E-state index in [0.29, 0.717) is 17.7 Å². The molecule has 0 spiro atoms. The average molecular weight is 380 g/mol. The van der Waals surface area contributed by atoms with Crippen molar-refractivity contribution in [1.82, 2.24) is 14.5 Å². The molecule has 1 aromatic carbocycles. The molecule has 1 aromatic heterocycles. The normalized spacial score (nSPS) is 14.7. The van der Waals surface area contributed by atoms with E-state index >= 15 is 0 Å². The van der Waals surface area contributed by atoms with Gasteiger partial charge in [-0.25, -0.2) is 13.2 Å². The van der Waals surface area contributed by atoms with Crippen molar-refractivity contribution in [1.29, 1.82) is 0 Å². The second-order valence-corrected chi connectivity index (χ2v) is 7.53. The molecule has 26 heavy (non-hydrogen) atoms. The van der Waals surface area contributed by atoms with E-state index in [2.05, 4.69) is 10.2 Å². The van der Waals surface area contributed by atoms with Crippen LogP contribution in [0.3, 0.4) is 0 Å². The summed E-state index contributed by atoms with van der Waals surface area (Å²) in [6, 6.07) is 4.68. The highest BCUT2D eigenvalue weighted by atomic mass is 32.2. The lowest BCUT2D eigenvalue weighted by Crippen LogP contribution is -2.36. The topological polar surface area (TPSA) is 136 Å². The highest BCUT2D eigenvalue weighted by molar-refractivity contribution is 7.89. The molecule has 3 rings (SSSR count). The van der Waals surface area contributed by atoms with Crippen LogP contribution in [-0.4, -0.2) is 47.0 Å². The lowest BCUT2D eigenvalue weighted by molar-refractivity contribution is -0.384. The molecule has 2 heterocycles. The molecule has 0 amide bonds. The highest BCUT2D eigenvalue weighted by Crippen LogP contribution is 2.27. The van der Waals surface area contributed by atoms with Crippen molar-refractivity contribution in [3.63, 3.8) is 0 Å². The third-order valence-electron chi connectivity index (χ3n) is 4.05. The van der Waals surface area contributed by atoms with Gasteiger partial charge >= 0.3 is 5.97 Å². The number of ether oxygens (including phenoxy) is 1. The van der Waals surface area contributed by atoms with Crippen molar-refractivity contribution < 1.29 is 22.9 Å². The SMILES string of the molecule is CCOC(=O)c1n[nH]c2c1CN(S(=O)(=O)c1ccc([N+](=O)[O-])cc1)CC2. The minimum Gasteiger partial charge on any atom is -0.461 e. The van der Waals surface area contributed by atoms with E-state index in [1.54, 1.807) is 6.92 Å². The van der Waals surface area contributed by atoms with Crippen molar-refractivity contribution >= 4 is 21.7 Å². The zero-order chi connectivity index (χ0) is 18.9. The van der Waals surface area contributed by atoms with Gasteiger partial charge < -0.3 is 4.74 Å². The molecule has 0 bridgehead atoms. The highest BCUT2D eigenvalue weighted by Gasteiger charge is 2.33. The summed E-state index contributed by atoms with van der Waals surface area (Å²) in [6.45, 7) is 2.03. The average Bonchev–Trinajstić information content (AvgIpc) is 3.05. The van der Waals surface area contributed by atoms with Crippen molar-refractivity contribution in [2.75, 3.05) is 13.2 Å². The van der Waals surface area contributed by atoms with Gasteiger partial charge in [0.1, 0.15) is 0 Å². The number of rotatable bonds is 5. The Bertz CT molecular complexity index is 951. The van der Waals surface area contributed by atoms with Crippen LogP contribution in [-0.2, 0) is 27.7 Å². The van der Waals surface area contributed by atoms with Crippen LogP contribution in [0.4, 0.5) is 5.69 Å². The molecule has 11 heteroatoms. The Labute approximate surface area is 149 Å². The maximum Gasteiger partial charge on any atom is 0.359 e. The number of carbonyl (C=O) groups is 1. The minimum absolute atomic E-state index is 0.0285. The number of nitro benzene ring substituents is 1. The molecular weight excluding hydrogens is 364 g/mol. The zero-order valence-corrected chi connectivity index (χ0v) is 14.7. The Morgan fingerprint density at radius 1 is 1.38 bits per heavy atom. The Kier molecular flexibility index (Phi) is 4.74. The number of esters is 1. The van der Waals surface area contributed by atoms with Crippen LogP contribution in [0.2, 0.25) is 0 Å². The second-order valence-electron chi connectivity index (χ2n) is 5.59. The quantitative estimate of drug-likeness (QED) is 0.468. The zero-order valence-electron chi connectivity index (χ0n) is 13.8. The molecule has 0 unspecified atom stereocenters. The van der Waals surface area contributed by atoms with Crippen molar-refractivity contribution in [3.05, 3.63) is 51.3 Å². The van der Waals surface area contributed by atoms with E-state index in [0.717, 1.165) is 12.1 Å². The van der Waals surface area contributed by atoms with Gasteiger partial charge in [-0.15, -0.1) is 0 Å². The van der Waals surface area contributed by atoms with E-state index in [1.807, 2.05) is 0 Å². The van der Waals surface area contributed by atoms with Crippen molar-refractivity contribution in [2.45, 2.75) is 24.8 Å². The van der Waals surface area contributed by atoms with Crippen LogP contribution in [0, 0.1) is 10.1 Å². The Hall–Kier alpha value is -2.79. The van der Waals surface area contributed by atoms with Gasteiger partial charge in [0.05, 0.1) is 16.4 Å². The summed E-state index contributed by atoms with van der Waals surface area (Å²) in [4.78, 5) is 22.0. The predicted molar refractivity (Wildman–Crippen MR) is 88.9 cm³/mol. The van der Waals surface area contributed by atoms with Gasteiger partial charge in [0.2, 0.25) is 10.0 Å². The fourth-order valence-corrected chi connectivity index (χ4v) is 4.14. The van der Waals surface area contributed by atoms with E-state index in [9.17, 15) is 23.3 Å². The van der Waals surface area contributed by atoms with E-state index in [4.69, 9.17) is 4.74 Å². The first-order valence-electron chi connectivity index (χ1n) is 7.82. The third kappa shape index (κ3) is 3.18. The summed E-state index contributed by atoms with van der Waals surface area (Å²) >= 11 is 0. The van der Waals surface area contributed by atoms with Gasteiger partial charge in [-0.05, 0) is 19.1 Å². The number of H-pyrrole nitrogens is 1. The molecule has 0 aliphatic carbocycles. The summed E-state index contributed by atoms with van der Waals surface area (Å²) in [5.41, 5.74) is 1.07. The Morgan fingerprint density at radius 2 is 2.08 bits per heavy atom. The Morgan fingerprint density at radius 3 is 2.69 bits per heavy atom. The number of benzene rings is 1. The first-order valence-corrected chi connectivity index (χ1v) is 9.26. The minimum atomic E-state index is -3.86. The van der Waals surface area contributed by atoms with Crippen LogP contribution in [0.5, 0.6) is 0 Å². The number of carbonyl (C=O) groups excluding carboxylic acids is 1. The van der Waals surface area contributed by atoms with Gasteiger partial charge in [-0.2, -0.15) is 9.40 Å². The molecule has 2 aromatic rings. The number of aromatic nitrogens is 2. The number of hydrogen-bond donors (Lipinski definition) is 1. The predicted octanol–water partition coefficient (Wildman–Crippen LogP) is 1.24. The van der Waals surface area contributed by atoms with Gasteiger partial charge in [-0.3, -0.25) is 15.2 Å². The summed E-state index contributed by atoms with van der Waals surface area (Å²) < 4.78 is 31.8. The van der Waals surface area contributed by atoms with Crippen LogP contribution in [0.25, 0.3) is 0 Å². The molecule has 0 radical (unpaired) electrons.